The molecule has 0 fully saturated rings. The highest BCUT2D eigenvalue weighted by Crippen LogP contribution is 2.46. The third-order valence-electron chi connectivity index (χ3n) is 6.11. The molecule has 1 nitrogen and oxygen atoms in total. The molecule has 0 aliphatic carbocycles. The second-order valence-electron chi connectivity index (χ2n) is 8.16. The molecule has 5 rings (SSSR count). The molecule has 0 spiro atoms. The molecule has 0 heterocycles. The van der Waals surface area contributed by atoms with Gasteiger partial charge in [0.05, 0.1) is 0 Å². The highest BCUT2D eigenvalue weighted by atomic mass is 31.2. The van der Waals surface area contributed by atoms with Crippen LogP contribution in [0.15, 0.2) is 133 Å². The summed E-state index contributed by atoms with van der Waals surface area (Å²) in [5, 5.41) is 2.56. The van der Waals surface area contributed by atoms with Gasteiger partial charge < -0.3 is 4.57 Å². The van der Waals surface area contributed by atoms with Crippen molar-refractivity contribution < 1.29 is 4.57 Å². The molecule has 5 aromatic rings. The van der Waals surface area contributed by atoms with Crippen LogP contribution in [0, 0.1) is 6.92 Å². The number of hydrogen-bond donors (Lipinski definition) is 0. The molecule has 0 amide bonds. The maximum atomic E-state index is 15.2. The Labute approximate surface area is 195 Å². The van der Waals surface area contributed by atoms with Gasteiger partial charge in [-0.3, -0.25) is 0 Å². The quantitative estimate of drug-likeness (QED) is 0.268. The Bertz CT molecular complexity index is 1380. The fraction of sp³-hybridized carbons (Fsp3) is 0.0323. The molecule has 5 aromatic carbocycles. The number of aryl methyl sites for hydroxylation is 1. The van der Waals surface area contributed by atoms with E-state index in [2.05, 4.69) is 55.5 Å². The van der Waals surface area contributed by atoms with Gasteiger partial charge in [-0.1, -0.05) is 133 Å². The molecule has 0 radical (unpaired) electrons. The minimum absolute atomic E-state index is 0.846. The Kier molecular flexibility index (Phi) is 5.82. The highest BCUT2D eigenvalue weighted by Gasteiger charge is 2.32. The first-order valence-corrected chi connectivity index (χ1v) is 12.9. The van der Waals surface area contributed by atoms with Gasteiger partial charge >= 0.3 is 0 Å². The van der Waals surface area contributed by atoms with E-state index in [0.29, 0.717) is 0 Å². The van der Waals surface area contributed by atoms with Crippen molar-refractivity contribution in [2.45, 2.75) is 6.92 Å². The van der Waals surface area contributed by atoms with Crippen molar-refractivity contribution in [2.24, 2.45) is 0 Å². The predicted octanol–water partition coefficient (Wildman–Crippen LogP) is 6.97. The molecule has 0 unspecified atom stereocenters. The molecule has 0 aliphatic heterocycles. The van der Waals surface area contributed by atoms with Crippen molar-refractivity contribution >= 4 is 23.1 Å². The first kappa shape index (κ1) is 21.2. The van der Waals surface area contributed by atoms with Crippen LogP contribution in [0.4, 0.5) is 0 Å². The maximum absolute atomic E-state index is 15.2. The summed E-state index contributed by atoms with van der Waals surface area (Å²) in [5.41, 5.74) is 5.62. The van der Waals surface area contributed by atoms with Gasteiger partial charge in [0.15, 0.2) is 7.14 Å². The van der Waals surface area contributed by atoms with Crippen molar-refractivity contribution in [3.05, 3.63) is 139 Å². The SMILES string of the molecule is Cc1cccc(-c2ccccc2)c1-c1ccccc1P(=O)(c1ccccc1)c1ccccc1. The average molecular weight is 445 g/mol. The van der Waals surface area contributed by atoms with E-state index in [0.717, 1.165) is 43.7 Å². The Morgan fingerprint density at radius 3 is 1.58 bits per heavy atom. The number of hydrogen-bond acceptors (Lipinski definition) is 1. The van der Waals surface area contributed by atoms with E-state index in [4.69, 9.17) is 0 Å². The molecule has 160 valence electrons. The van der Waals surface area contributed by atoms with Gasteiger partial charge in [0, 0.05) is 15.9 Å². The van der Waals surface area contributed by atoms with Crippen LogP contribution in [0.2, 0.25) is 0 Å². The van der Waals surface area contributed by atoms with E-state index >= 15 is 4.57 Å². The molecule has 0 N–H and O–H groups in total. The number of rotatable bonds is 5. The molecular weight excluding hydrogens is 419 g/mol. The molecule has 2 heteroatoms. The smallest absolute Gasteiger partial charge is 0.171 e. The Morgan fingerprint density at radius 2 is 0.970 bits per heavy atom. The van der Waals surface area contributed by atoms with Gasteiger partial charge in [0.25, 0.3) is 0 Å². The normalized spacial score (nSPS) is 11.3. The standard InChI is InChI=1S/C31H25OP/c1-24-14-13-22-28(25-15-5-2-6-16-25)31(24)29-21-11-12-23-30(29)33(32,26-17-7-3-8-18-26)27-19-9-4-10-20-27/h2-23H,1H3. The van der Waals surface area contributed by atoms with Crippen LogP contribution in [-0.4, -0.2) is 0 Å². The van der Waals surface area contributed by atoms with Gasteiger partial charge in [0.1, 0.15) is 0 Å². The van der Waals surface area contributed by atoms with Crippen molar-refractivity contribution in [1.29, 1.82) is 0 Å². The van der Waals surface area contributed by atoms with Crippen LogP contribution in [0.3, 0.4) is 0 Å². The third kappa shape index (κ3) is 3.86. The van der Waals surface area contributed by atoms with E-state index in [9.17, 15) is 0 Å². The van der Waals surface area contributed by atoms with Gasteiger partial charge in [0.2, 0.25) is 0 Å². The largest absolute Gasteiger partial charge is 0.309 e. The van der Waals surface area contributed by atoms with E-state index in [1.54, 1.807) is 0 Å². The van der Waals surface area contributed by atoms with E-state index < -0.39 is 7.14 Å². The van der Waals surface area contributed by atoms with Crippen LogP contribution in [-0.2, 0) is 4.57 Å². The first-order valence-electron chi connectivity index (χ1n) is 11.2. The van der Waals surface area contributed by atoms with E-state index in [-0.39, 0.29) is 0 Å². The van der Waals surface area contributed by atoms with Crippen molar-refractivity contribution in [3.63, 3.8) is 0 Å². The topological polar surface area (TPSA) is 17.1 Å². The summed E-state index contributed by atoms with van der Waals surface area (Å²) < 4.78 is 15.2. The molecule has 0 saturated heterocycles. The van der Waals surface area contributed by atoms with Gasteiger partial charge in [-0.15, -0.1) is 0 Å². The summed E-state index contributed by atoms with van der Waals surface area (Å²) in [4.78, 5) is 0. The summed E-state index contributed by atoms with van der Waals surface area (Å²) >= 11 is 0. The van der Waals surface area contributed by atoms with Crippen LogP contribution < -0.4 is 15.9 Å². The fourth-order valence-corrected chi connectivity index (χ4v) is 7.41. The Hall–Kier alpha value is -3.67. The van der Waals surface area contributed by atoms with Crippen LogP contribution >= 0.6 is 7.14 Å². The zero-order valence-corrected chi connectivity index (χ0v) is 19.5. The van der Waals surface area contributed by atoms with Crippen molar-refractivity contribution in [1.82, 2.24) is 0 Å². The third-order valence-corrected chi connectivity index (χ3v) is 9.23. The highest BCUT2D eigenvalue weighted by molar-refractivity contribution is 7.85. The molecule has 0 atom stereocenters. The minimum Gasteiger partial charge on any atom is -0.309 e. The lowest BCUT2D eigenvalue weighted by Crippen LogP contribution is -2.26. The second kappa shape index (κ2) is 9.06. The molecule has 0 aromatic heterocycles. The van der Waals surface area contributed by atoms with Gasteiger partial charge in [-0.25, -0.2) is 0 Å². The lowest BCUT2D eigenvalue weighted by molar-refractivity contribution is 0.592. The van der Waals surface area contributed by atoms with Crippen molar-refractivity contribution in [3.8, 4) is 22.3 Å². The average Bonchev–Trinajstić information content (AvgIpc) is 2.90. The Balaban J connectivity index is 1.84. The zero-order chi connectivity index (χ0) is 22.7. The van der Waals surface area contributed by atoms with Crippen LogP contribution in [0.25, 0.3) is 22.3 Å². The lowest BCUT2D eigenvalue weighted by atomic mass is 9.91. The predicted molar refractivity (Wildman–Crippen MR) is 141 cm³/mol. The lowest BCUT2D eigenvalue weighted by Gasteiger charge is -2.24. The zero-order valence-electron chi connectivity index (χ0n) is 18.6. The van der Waals surface area contributed by atoms with Gasteiger partial charge in [-0.05, 0) is 34.7 Å². The minimum atomic E-state index is -3.11. The summed E-state index contributed by atoms with van der Waals surface area (Å²) in [6.45, 7) is 2.13. The maximum Gasteiger partial charge on any atom is 0.171 e. The van der Waals surface area contributed by atoms with E-state index in [1.807, 2.05) is 84.9 Å². The second-order valence-corrected chi connectivity index (χ2v) is 10.9. The first-order chi connectivity index (χ1) is 16.2. The Morgan fingerprint density at radius 1 is 0.485 bits per heavy atom. The van der Waals surface area contributed by atoms with Crippen LogP contribution in [0.1, 0.15) is 5.56 Å². The fourth-order valence-electron chi connectivity index (χ4n) is 4.55. The summed E-state index contributed by atoms with van der Waals surface area (Å²) in [6, 6.07) is 44.8. The molecule has 0 saturated carbocycles. The molecular formula is C31H25OP. The number of benzene rings is 5. The molecule has 0 aliphatic rings. The molecule has 33 heavy (non-hydrogen) atoms. The van der Waals surface area contributed by atoms with Crippen molar-refractivity contribution in [2.75, 3.05) is 0 Å². The summed E-state index contributed by atoms with van der Waals surface area (Å²) in [6.07, 6.45) is 0. The van der Waals surface area contributed by atoms with E-state index in [1.165, 1.54) is 0 Å². The van der Waals surface area contributed by atoms with Crippen LogP contribution in [0.5, 0.6) is 0 Å². The van der Waals surface area contributed by atoms with Gasteiger partial charge in [-0.2, -0.15) is 0 Å². The monoisotopic (exact) mass is 444 g/mol. The molecule has 0 bridgehead atoms. The summed E-state index contributed by atoms with van der Waals surface area (Å²) in [5.74, 6) is 0. The summed E-state index contributed by atoms with van der Waals surface area (Å²) in [7, 11) is -3.11.